The van der Waals surface area contributed by atoms with E-state index in [2.05, 4.69) is 0 Å². The Morgan fingerprint density at radius 1 is 1.44 bits per heavy atom. The lowest BCUT2D eigenvalue weighted by atomic mass is 10.2. The van der Waals surface area contributed by atoms with Crippen molar-refractivity contribution in [2.45, 2.75) is 6.42 Å². The Bertz CT molecular complexity index is 94.7. The molecule has 52 valence electrons. The fourth-order valence-corrected chi connectivity index (χ4v) is 1.91. The normalized spacial score (nSPS) is 48.3. The molecule has 1 heterocycles. The summed E-state index contributed by atoms with van der Waals surface area (Å²) in [5, 5.41) is 8.78. The Labute approximate surface area is 54.8 Å². The van der Waals surface area contributed by atoms with Gasteiger partial charge >= 0.3 is 0 Å². The van der Waals surface area contributed by atoms with Crippen LogP contribution in [-0.4, -0.2) is 24.9 Å². The summed E-state index contributed by atoms with van der Waals surface area (Å²) in [6, 6.07) is 0. The number of aliphatic hydroxyl groups excluding tert-OH is 1. The summed E-state index contributed by atoms with van der Waals surface area (Å²) in [4.78, 5) is 0. The largest absolute Gasteiger partial charge is 0.396 e. The first kappa shape index (κ1) is 5.69. The quantitative estimate of drug-likeness (QED) is 0.549. The van der Waals surface area contributed by atoms with Crippen molar-refractivity contribution in [1.29, 1.82) is 0 Å². The molecule has 0 bridgehead atoms. The van der Waals surface area contributed by atoms with E-state index in [0.717, 1.165) is 19.1 Å². The molecule has 0 radical (unpaired) electrons. The predicted octanol–water partition coefficient (Wildman–Crippen LogP) is 0.261. The summed E-state index contributed by atoms with van der Waals surface area (Å²) >= 11 is 0. The van der Waals surface area contributed by atoms with Gasteiger partial charge in [-0.05, 0) is 24.2 Å². The topological polar surface area (TPSA) is 29.5 Å². The van der Waals surface area contributed by atoms with Gasteiger partial charge in [0.05, 0.1) is 6.61 Å². The van der Waals surface area contributed by atoms with E-state index in [1.54, 1.807) is 0 Å². The van der Waals surface area contributed by atoms with Crippen LogP contribution in [-0.2, 0) is 4.74 Å². The average Bonchev–Trinajstić information content (AvgIpc) is 2.60. The van der Waals surface area contributed by atoms with Crippen LogP contribution >= 0.6 is 0 Å². The first-order chi connectivity index (χ1) is 4.43. The van der Waals surface area contributed by atoms with E-state index >= 15 is 0 Å². The lowest BCUT2D eigenvalue weighted by molar-refractivity contribution is 0.0880. The third-order valence-electron chi connectivity index (χ3n) is 2.63. The molecule has 0 unspecified atom stereocenters. The minimum atomic E-state index is 0.374. The maximum absolute atomic E-state index is 8.78. The highest BCUT2D eigenvalue weighted by molar-refractivity contribution is 4.97. The zero-order valence-corrected chi connectivity index (χ0v) is 5.42. The Morgan fingerprint density at radius 3 is 2.89 bits per heavy atom. The molecule has 2 heteroatoms. The molecule has 1 N–H and O–H groups in total. The zero-order valence-electron chi connectivity index (χ0n) is 5.42. The van der Waals surface area contributed by atoms with E-state index in [-0.39, 0.29) is 0 Å². The van der Waals surface area contributed by atoms with Gasteiger partial charge in [0.1, 0.15) is 0 Å². The van der Waals surface area contributed by atoms with Crippen molar-refractivity contribution in [2.75, 3.05) is 19.8 Å². The summed E-state index contributed by atoms with van der Waals surface area (Å²) in [6.45, 7) is 2.19. The third-order valence-corrected chi connectivity index (χ3v) is 2.63. The number of hydrogen-bond acceptors (Lipinski definition) is 2. The van der Waals surface area contributed by atoms with Gasteiger partial charge in [-0.2, -0.15) is 0 Å². The van der Waals surface area contributed by atoms with E-state index in [0.29, 0.717) is 18.4 Å². The van der Waals surface area contributed by atoms with Gasteiger partial charge in [0.25, 0.3) is 0 Å². The van der Waals surface area contributed by atoms with Crippen LogP contribution in [0.25, 0.3) is 0 Å². The molecule has 1 aliphatic carbocycles. The Hall–Kier alpha value is -0.0800. The van der Waals surface area contributed by atoms with Crippen molar-refractivity contribution < 1.29 is 9.84 Å². The zero-order chi connectivity index (χ0) is 6.27. The molecule has 9 heavy (non-hydrogen) atoms. The van der Waals surface area contributed by atoms with Gasteiger partial charge in [-0.3, -0.25) is 0 Å². The van der Waals surface area contributed by atoms with E-state index in [4.69, 9.17) is 9.84 Å². The molecule has 0 aromatic carbocycles. The minimum Gasteiger partial charge on any atom is -0.396 e. The van der Waals surface area contributed by atoms with Gasteiger partial charge in [0.15, 0.2) is 0 Å². The first-order valence-electron chi connectivity index (χ1n) is 3.62. The molecule has 1 aliphatic heterocycles. The van der Waals surface area contributed by atoms with Crippen LogP contribution < -0.4 is 0 Å². The molecular formula is C7H12O2. The molecular weight excluding hydrogens is 116 g/mol. The van der Waals surface area contributed by atoms with E-state index in [1.165, 1.54) is 6.42 Å². The maximum Gasteiger partial charge on any atom is 0.0500 e. The van der Waals surface area contributed by atoms with Crippen molar-refractivity contribution in [1.82, 2.24) is 0 Å². The number of aliphatic hydroxyl groups is 1. The van der Waals surface area contributed by atoms with Crippen LogP contribution in [0.2, 0.25) is 0 Å². The van der Waals surface area contributed by atoms with Crippen molar-refractivity contribution in [3.05, 3.63) is 0 Å². The van der Waals surface area contributed by atoms with Crippen LogP contribution in [0.4, 0.5) is 0 Å². The molecule has 1 saturated heterocycles. The number of hydrogen-bond donors (Lipinski definition) is 1. The second-order valence-electron chi connectivity index (χ2n) is 3.04. The van der Waals surface area contributed by atoms with Crippen LogP contribution in [0.5, 0.6) is 0 Å². The smallest absolute Gasteiger partial charge is 0.0500 e. The molecule has 1 saturated carbocycles. The SMILES string of the molecule is OC[C@@H]1[C@H]2CCOC[C@@H]12. The standard InChI is InChI=1S/C7H12O2/c8-3-6-5-1-2-9-4-7(5)6/h5-8H,1-4H2/t5-,6-,7-/m1/s1. The van der Waals surface area contributed by atoms with Crippen molar-refractivity contribution in [2.24, 2.45) is 17.8 Å². The number of fused-ring (bicyclic) bond motifs is 1. The fraction of sp³-hybridized carbons (Fsp3) is 1.00. The first-order valence-corrected chi connectivity index (χ1v) is 3.62. The highest BCUT2D eigenvalue weighted by atomic mass is 16.5. The lowest BCUT2D eigenvalue weighted by Gasteiger charge is -2.07. The molecule has 2 rings (SSSR count). The summed E-state index contributed by atoms with van der Waals surface area (Å²) in [5.74, 6) is 2.11. The summed E-state index contributed by atoms with van der Waals surface area (Å²) < 4.78 is 5.24. The van der Waals surface area contributed by atoms with E-state index < -0.39 is 0 Å². The fourth-order valence-electron chi connectivity index (χ4n) is 1.91. The van der Waals surface area contributed by atoms with E-state index in [1.807, 2.05) is 0 Å². The highest BCUT2D eigenvalue weighted by Crippen LogP contribution is 2.50. The van der Waals surface area contributed by atoms with E-state index in [9.17, 15) is 0 Å². The minimum absolute atomic E-state index is 0.374. The molecule has 2 nitrogen and oxygen atoms in total. The number of ether oxygens (including phenoxy) is 1. The van der Waals surface area contributed by atoms with Gasteiger partial charge in [-0.15, -0.1) is 0 Å². The van der Waals surface area contributed by atoms with Crippen molar-refractivity contribution in [3.8, 4) is 0 Å². The molecule has 0 spiro atoms. The third kappa shape index (κ3) is 0.775. The van der Waals surface area contributed by atoms with Crippen LogP contribution in [0.1, 0.15) is 6.42 Å². The van der Waals surface area contributed by atoms with Crippen molar-refractivity contribution in [3.63, 3.8) is 0 Å². The highest BCUT2D eigenvalue weighted by Gasteiger charge is 2.50. The molecule has 2 fully saturated rings. The summed E-state index contributed by atoms with van der Waals surface area (Å²) in [7, 11) is 0. The molecule has 0 aromatic heterocycles. The monoisotopic (exact) mass is 128 g/mol. The second kappa shape index (κ2) is 1.96. The van der Waals surface area contributed by atoms with Gasteiger partial charge < -0.3 is 9.84 Å². The Balaban J connectivity index is 1.91. The van der Waals surface area contributed by atoms with Crippen molar-refractivity contribution >= 4 is 0 Å². The van der Waals surface area contributed by atoms with Gasteiger partial charge in [-0.1, -0.05) is 0 Å². The molecule has 3 atom stereocenters. The molecule has 0 amide bonds. The number of rotatable bonds is 1. The maximum atomic E-state index is 8.78. The summed E-state index contributed by atoms with van der Waals surface area (Å²) in [5.41, 5.74) is 0. The van der Waals surface area contributed by atoms with Crippen LogP contribution in [0, 0.1) is 17.8 Å². The van der Waals surface area contributed by atoms with Crippen LogP contribution in [0.3, 0.4) is 0 Å². The Morgan fingerprint density at radius 2 is 2.33 bits per heavy atom. The second-order valence-corrected chi connectivity index (χ2v) is 3.04. The van der Waals surface area contributed by atoms with Gasteiger partial charge in [0.2, 0.25) is 0 Å². The lowest BCUT2D eigenvalue weighted by Crippen LogP contribution is -2.07. The Kier molecular flexibility index (Phi) is 1.24. The molecule has 2 aliphatic rings. The van der Waals surface area contributed by atoms with Crippen LogP contribution in [0.15, 0.2) is 0 Å². The predicted molar refractivity (Wildman–Crippen MR) is 33.0 cm³/mol. The van der Waals surface area contributed by atoms with Gasteiger partial charge in [0, 0.05) is 13.2 Å². The van der Waals surface area contributed by atoms with Gasteiger partial charge in [-0.25, -0.2) is 0 Å². The molecule has 0 aromatic rings. The summed E-state index contributed by atoms with van der Waals surface area (Å²) in [6.07, 6.45) is 1.18. The average molecular weight is 128 g/mol.